The van der Waals surface area contributed by atoms with E-state index in [1.165, 1.54) is 24.0 Å². The molecule has 1 aromatic carbocycles. The molecule has 0 saturated carbocycles. The van der Waals surface area contributed by atoms with Crippen LogP contribution in [0.4, 0.5) is 5.95 Å². The van der Waals surface area contributed by atoms with Gasteiger partial charge in [-0.05, 0) is 24.0 Å². The molecule has 5 nitrogen and oxygen atoms in total. The van der Waals surface area contributed by atoms with Crippen LogP contribution in [0, 0.1) is 0 Å². The minimum atomic E-state index is 0. The van der Waals surface area contributed by atoms with Crippen LogP contribution < -0.4 is 10.2 Å². The van der Waals surface area contributed by atoms with Gasteiger partial charge in [-0.2, -0.15) is 0 Å². The van der Waals surface area contributed by atoms with Crippen molar-refractivity contribution in [1.29, 1.82) is 0 Å². The molecule has 1 atom stereocenters. The topological polar surface area (TPSA) is 50.3 Å². The number of hydrogen-bond donors (Lipinski definition) is 1. The van der Waals surface area contributed by atoms with Gasteiger partial charge in [0.1, 0.15) is 0 Å². The van der Waals surface area contributed by atoms with Crippen LogP contribution in [0.5, 0.6) is 0 Å². The maximum absolute atomic E-state index is 5.36. The monoisotopic (exact) mass is 382 g/mol. The van der Waals surface area contributed by atoms with Gasteiger partial charge in [-0.1, -0.05) is 24.3 Å². The number of fused-ring (bicyclic) bond motifs is 1. The molecule has 1 N–H and O–H groups in total. The molecular formula is C18H24Cl2N4O. The summed E-state index contributed by atoms with van der Waals surface area (Å²) >= 11 is 0. The highest BCUT2D eigenvalue weighted by Crippen LogP contribution is 2.30. The summed E-state index contributed by atoms with van der Waals surface area (Å²) < 4.78 is 5.36. The van der Waals surface area contributed by atoms with Gasteiger partial charge in [0.05, 0.1) is 13.2 Å². The highest BCUT2D eigenvalue weighted by molar-refractivity contribution is 5.85. The normalized spacial score (nSPS) is 18.9. The fourth-order valence-electron chi connectivity index (χ4n) is 3.38. The molecule has 1 aromatic heterocycles. The van der Waals surface area contributed by atoms with E-state index in [1.807, 2.05) is 12.4 Å². The molecule has 4 rings (SSSR count). The molecule has 2 heterocycles. The molecule has 2 aliphatic rings. The molecule has 0 bridgehead atoms. The average Bonchev–Trinajstić information content (AvgIpc) is 3.04. The Morgan fingerprint density at radius 1 is 1.08 bits per heavy atom. The fourth-order valence-corrected chi connectivity index (χ4v) is 3.38. The Kier molecular flexibility index (Phi) is 7.44. The number of hydrogen-bond acceptors (Lipinski definition) is 5. The lowest BCUT2D eigenvalue weighted by Crippen LogP contribution is -2.37. The first-order valence-corrected chi connectivity index (χ1v) is 8.35. The highest BCUT2D eigenvalue weighted by atomic mass is 35.5. The second kappa shape index (κ2) is 9.34. The first kappa shape index (κ1) is 19.9. The summed E-state index contributed by atoms with van der Waals surface area (Å²) in [6, 6.07) is 9.17. The lowest BCUT2D eigenvalue weighted by Gasteiger charge is -2.26. The Balaban J connectivity index is 0.00000113. The van der Waals surface area contributed by atoms with E-state index in [9.17, 15) is 0 Å². The van der Waals surface area contributed by atoms with Crippen molar-refractivity contribution in [1.82, 2.24) is 15.3 Å². The van der Waals surface area contributed by atoms with Gasteiger partial charge >= 0.3 is 0 Å². The number of halogens is 2. The number of rotatable bonds is 4. The molecule has 1 aliphatic carbocycles. The standard InChI is InChI=1S/C18H22N4O.2ClH/c1-2-4-16-15(3-1)5-6-17(16)19-11-14-12-20-18(21-13-14)22-7-9-23-10-8-22;;/h1-4,12-13,17,19H,5-11H2;2*1H. The summed E-state index contributed by atoms with van der Waals surface area (Å²) in [4.78, 5) is 11.2. The molecule has 1 fully saturated rings. The van der Waals surface area contributed by atoms with Gasteiger partial charge in [-0.25, -0.2) is 9.97 Å². The molecule has 0 spiro atoms. The zero-order valence-corrected chi connectivity index (χ0v) is 15.7. The average molecular weight is 383 g/mol. The number of benzene rings is 1. The van der Waals surface area contributed by atoms with Gasteiger partial charge in [-0.3, -0.25) is 0 Å². The van der Waals surface area contributed by atoms with E-state index in [0.29, 0.717) is 6.04 Å². The van der Waals surface area contributed by atoms with Gasteiger partial charge in [-0.15, -0.1) is 24.8 Å². The Hall–Kier alpha value is -1.40. The van der Waals surface area contributed by atoms with Crippen molar-refractivity contribution in [2.24, 2.45) is 0 Å². The van der Waals surface area contributed by atoms with Crippen molar-refractivity contribution < 1.29 is 4.74 Å². The lowest BCUT2D eigenvalue weighted by molar-refractivity contribution is 0.122. The number of nitrogens with one attached hydrogen (secondary N) is 1. The largest absolute Gasteiger partial charge is 0.378 e. The van der Waals surface area contributed by atoms with Gasteiger partial charge in [0, 0.05) is 43.6 Å². The third-order valence-corrected chi connectivity index (χ3v) is 4.67. The van der Waals surface area contributed by atoms with Crippen LogP contribution in [-0.2, 0) is 17.7 Å². The maximum Gasteiger partial charge on any atom is 0.225 e. The van der Waals surface area contributed by atoms with E-state index >= 15 is 0 Å². The van der Waals surface area contributed by atoms with Crippen LogP contribution >= 0.6 is 24.8 Å². The van der Waals surface area contributed by atoms with Crippen LogP contribution in [0.3, 0.4) is 0 Å². The van der Waals surface area contributed by atoms with E-state index in [2.05, 4.69) is 44.5 Å². The fraction of sp³-hybridized carbons (Fsp3) is 0.444. The van der Waals surface area contributed by atoms with Crippen LogP contribution in [0.1, 0.15) is 29.2 Å². The van der Waals surface area contributed by atoms with Crippen molar-refractivity contribution in [2.75, 3.05) is 31.2 Å². The van der Waals surface area contributed by atoms with Gasteiger partial charge in [0.2, 0.25) is 5.95 Å². The Bertz CT molecular complexity index is 662. The maximum atomic E-state index is 5.36. The zero-order chi connectivity index (χ0) is 15.5. The zero-order valence-electron chi connectivity index (χ0n) is 14.1. The summed E-state index contributed by atoms with van der Waals surface area (Å²) in [6.07, 6.45) is 6.21. The van der Waals surface area contributed by atoms with Crippen LogP contribution in [-0.4, -0.2) is 36.3 Å². The van der Waals surface area contributed by atoms with Crippen LogP contribution in [0.2, 0.25) is 0 Å². The summed E-state index contributed by atoms with van der Waals surface area (Å²) in [5.74, 6) is 0.809. The predicted molar refractivity (Wildman–Crippen MR) is 104 cm³/mol. The SMILES string of the molecule is Cl.Cl.c1ccc2c(c1)CCC2NCc1cnc(N2CCOCC2)nc1. The summed E-state index contributed by atoms with van der Waals surface area (Å²) in [6.45, 7) is 4.07. The van der Waals surface area contributed by atoms with E-state index in [0.717, 1.165) is 44.4 Å². The van der Waals surface area contributed by atoms with E-state index < -0.39 is 0 Å². The molecule has 1 unspecified atom stereocenters. The van der Waals surface area contributed by atoms with Gasteiger partial charge in [0.25, 0.3) is 0 Å². The molecule has 1 saturated heterocycles. The van der Waals surface area contributed by atoms with E-state index in [4.69, 9.17) is 4.74 Å². The van der Waals surface area contributed by atoms with Gasteiger partial charge < -0.3 is 15.0 Å². The minimum absolute atomic E-state index is 0. The minimum Gasteiger partial charge on any atom is -0.378 e. The Labute approximate surface area is 161 Å². The second-order valence-corrected chi connectivity index (χ2v) is 6.16. The molecule has 0 amide bonds. The van der Waals surface area contributed by atoms with Crippen molar-refractivity contribution in [3.63, 3.8) is 0 Å². The smallest absolute Gasteiger partial charge is 0.225 e. The van der Waals surface area contributed by atoms with Crippen molar-refractivity contribution in [3.8, 4) is 0 Å². The number of anilines is 1. The molecule has 1 aliphatic heterocycles. The van der Waals surface area contributed by atoms with E-state index in [-0.39, 0.29) is 24.8 Å². The molecule has 2 aromatic rings. The first-order chi connectivity index (χ1) is 11.4. The molecule has 136 valence electrons. The van der Waals surface area contributed by atoms with Crippen LogP contribution in [0.25, 0.3) is 0 Å². The molecule has 7 heteroatoms. The first-order valence-electron chi connectivity index (χ1n) is 8.35. The second-order valence-electron chi connectivity index (χ2n) is 6.16. The number of aryl methyl sites for hydroxylation is 1. The predicted octanol–water partition coefficient (Wildman–Crippen LogP) is 2.93. The summed E-state index contributed by atoms with van der Waals surface area (Å²) in [7, 11) is 0. The molecule has 0 radical (unpaired) electrons. The highest BCUT2D eigenvalue weighted by Gasteiger charge is 2.21. The van der Waals surface area contributed by atoms with Gasteiger partial charge in [0.15, 0.2) is 0 Å². The third-order valence-electron chi connectivity index (χ3n) is 4.67. The summed E-state index contributed by atoms with van der Waals surface area (Å²) in [5.41, 5.74) is 4.05. The van der Waals surface area contributed by atoms with Crippen LogP contribution in [0.15, 0.2) is 36.7 Å². The number of ether oxygens (including phenoxy) is 1. The quantitative estimate of drug-likeness (QED) is 0.880. The molecular weight excluding hydrogens is 359 g/mol. The Morgan fingerprint density at radius 3 is 2.56 bits per heavy atom. The Morgan fingerprint density at radius 2 is 1.80 bits per heavy atom. The molecule has 25 heavy (non-hydrogen) atoms. The summed E-state index contributed by atoms with van der Waals surface area (Å²) in [5, 5.41) is 3.64. The lowest BCUT2D eigenvalue weighted by atomic mass is 10.1. The van der Waals surface area contributed by atoms with Crippen molar-refractivity contribution in [3.05, 3.63) is 53.3 Å². The number of morpholine rings is 1. The van der Waals surface area contributed by atoms with Crippen molar-refractivity contribution in [2.45, 2.75) is 25.4 Å². The number of nitrogens with zero attached hydrogens (tertiary/aromatic N) is 3. The van der Waals surface area contributed by atoms with E-state index in [1.54, 1.807) is 0 Å². The third kappa shape index (κ3) is 4.61. The van der Waals surface area contributed by atoms with Crippen molar-refractivity contribution >= 4 is 30.8 Å². The number of aromatic nitrogens is 2.